The zero-order chi connectivity index (χ0) is 14.7. The van der Waals surface area contributed by atoms with Gasteiger partial charge in [0.25, 0.3) is 0 Å². The van der Waals surface area contributed by atoms with Crippen LogP contribution in [0.2, 0.25) is 0 Å². The fraction of sp³-hybridized carbons (Fsp3) is 0.200. The van der Waals surface area contributed by atoms with E-state index in [-0.39, 0.29) is 23.5 Å². The fourth-order valence-electron chi connectivity index (χ4n) is 1.82. The number of phenolic OH excluding ortho intramolecular Hbond substituents is 1. The summed E-state index contributed by atoms with van der Waals surface area (Å²) in [6, 6.07) is 7.11. The Labute approximate surface area is 115 Å². The molecule has 0 radical (unpaired) electrons. The third-order valence-corrected chi connectivity index (χ3v) is 2.97. The summed E-state index contributed by atoms with van der Waals surface area (Å²) in [5.41, 5.74) is 1.07. The van der Waals surface area contributed by atoms with Gasteiger partial charge >= 0.3 is 0 Å². The summed E-state index contributed by atoms with van der Waals surface area (Å²) >= 11 is 0. The number of phenols is 1. The maximum Gasteiger partial charge on any atom is 0.160 e. The van der Waals surface area contributed by atoms with E-state index >= 15 is 0 Å². The van der Waals surface area contributed by atoms with Gasteiger partial charge in [-0.15, -0.1) is 0 Å². The molecule has 106 valence electrons. The highest BCUT2D eigenvalue weighted by Crippen LogP contribution is 2.27. The van der Waals surface area contributed by atoms with Gasteiger partial charge in [0.2, 0.25) is 0 Å². The number of aryl methyl sites for hydroxylation is 1. The Bertz CT molecular complexity index is 630. The second-order valence-corrected chi connectivity index (χ2v) is 4.44. The molecule has 0 fully saturated rings. The van der Waals surface area contributed by atoms with Crippen LogP contribution in [0, 0.1) is 18.6 Å². The molecule has 2 N–H and O–H groups in total. The second-order valence-electron chi connectivity index (χ2n) is 4.44. The van der Waals surface area contributed by atoms with Crippen molar-refractivity contribution in [3.8, 4) is 11.5 Å². The van der Waals surface area contributed by atoms with Crippen LogP contribution in [0.4, 0.5) is 14.5 Å². The average Bonchev–Trinajstić information content (AvgIpc) is 2.41. The number of aromatic hydroxyl groups is 1. The van der Waals surface area contributed by atoms with Gasteiger partial charge in [-0.2, -0.15) is 0 Å². The molecule has 0 aliphatic carbocycles. The van der Waals surface area contributed by atoms with E-state index in [1.165, 1.54) is 20.1 Å². The second kappa shape index (κ2) is 5.77. The molecule has 2 aromatic rings. The first-order chi connectivity index (χ1) is 9.51. The zero-order valence-electron chi connectivity index (χ0n) is 11.2. The van der Waals surface area contributed by atoms with E-state index < -0.39 is 11.6 Å². The molecule has 0 aromatic heterocycles. The summed E-state index contributed by atoms with van der Waals surface area (Å²) in [7, 11) is 1.46. The van der Waals surface area contributed by atoms with E-state index in [2.05, 4.69) is 5.32 Å². The van der Waals surface area contributed by atoms with E-state index in [1.807, 2.05) is 0 Å². The number of anilines is 1. The van der Waals surface area contributed by atoms with Crippen molar-refractivity contribution in [3.63, 3.8) is 0 Å². The SMILES string of the molecule is COc1ccc(CNc2cc(F)c(C)cc2F)cc1O. The molecule has 2 aromatic carbocycles. The molecule has 3 nitrogen and oxygen atoms in total. The Kier molecular flexibility index (Phi) is 4.08. The zero-order valence-corrected chi connectivity index (χ0v) is 11.2. The number of hydrogen-bond donors (Lipinski definition) is 2. The smallest absolute Gasteiger partial charge is 0.160 e. The Morgan fingerprint density at radius 2 is 1.90 bits per heavy atom. The molecule has 0 aliphatic heterocycles. The molecule has 5 heteroatoms. The highest BCUT2D eigenvalue weighted by Gasteiger charge is 2.08. The number of nitrogens with one attached hydrogen (secondary N) is 1. The van der Waals surface area contributed by atoms with E-state index in [4.69, 9.17) is 4.74 Å². The van der Waals surface area contributed by atoms with E-state index in [1.54, 1.807) is 12.1 Å². The van der Waals surface area contributed by atoms with Crippen LogP contribution < -0.4 is 10.1 Å². The summed E-state index contributed by atoms with van der Waals surface area (Å²) in [6.07, 6.45) is 0. The summed E-state index contributed by atoms with van der Waals surface area (Å²) < 4.78 is 31.9. The van der Waals surface area contributed by atoms with Gasteiger partial charge in [0.15, 0.2) is 11.5 Å². The predicted octanol–water partition coefficient (Wildman–Crippen LogP) is 3.60. The first-order valence-electron chi connectivity index (χ1n) is 6.06. The van der Waals surface area contributed by atoms with Crippen LogP contribution >= 0.6 is 0 Å². The van der Waals surface area contributed by atoms with Gasteiger partial charge in [0.05, 0.1) is 12.8 Å². The molecule has 20 heavy (non-hydrogen) atoms. The van der Waals surface area contributed by atoms with E-state index in [0.29, 0.717) is 5.75 Å². The monoisotopic (exact) mass is 279 g/mol. The molecule has 0 heterocycles. The maximum absolute atomic E-state index is 13.6. The van der Waals surface area contributed by atoms with Crippen molar-refractivity contribution in [1.82, 2.24) is 0 Å². The van der Waals surface area contributed by atoms with Crippen molar-refractivity contribution < 1.29 is 18.6 Å². The average molecular weight is 279 g/mol. The van der Waals surface area contributed by atoms with Crippen LogP contribution in [0.1, 0.15) is 11.1 Å². The first kappa shape index (κ1) is 14.1. The molecule has 0 saturated heterocycles. The van der Waals surface area contributed by atoms with E-state index in [9.17, 15) is 13.9 Å². The summed E-state index contributed by atoms with van der Waals surface area (Å²) in [4.78, 5) is 0. The van der Waals surface area contributed by atoms with Gasteiger partial charge in [-0.25, -0.2) is 8.78 Å². The predicted molar refractivity (Wildman–Crippen MR) is 73.1 cm³/mol. The van der Waals surface area contributed by atoms with Crippen LogP contribution in [0.5, 0.6) is 11.5 Å². The summed E-state index contributed by atoms with van der Waals surface area (Å²) in [5, 5.41) is 12.4. The van der Waals surface area contributed by atoms with Gasteiger partial charge in [-0.05, 0) is 36.2 Å². The molecular formula is C15H15F2NO2. The minimum atomic E-state index is -0.512. The van der Waals surface area contributed by atoms with Crippen LogP contribution in [0.15, 0.2) is 30.3 Å². The van der Waals surface area contributed by atoms with Crippen LogP contribution in [0.25, 0.3) is 0 Å². The lowest BCUT2D eigenvalue weighted by Crippen LogP contribution is -2.03. The number of benzene rings is 2. The van der Waals surface area contributed by atoms with Gasteiger partial charge < -0.3 is 15.2 Å². The normalized spacial score (nSPS) is 10.4. The number of methoxy groups -OCH3 is 1. The molecule has 0 aliphatic rings. The number of rotatable bonds is 4. The number of ether oxygens (including phenoxy) is 1. The van der Waals surface area contributed by atoms with Crippen molar-refractivity contribution in [3.05, 3.63) is 53.1 Å². The molecule has 0 amide bonds. The van der Waals surface area contributed by atoms with Crippen molar-refractivity contribution >= 4 is 5.69 Å². The van der Waals surface area contributed by atoms with Gasteiger partial charge in [-0.3, -0.25) is 0 Å². The standard InChI is InChI=1S/C15H15F2NO2/c1-9-5-12(17)13(7-11(9)16)18-8-10-3-4-15(20-2)14(19)6-10/h3-7,18-19H,8H2,1-2H3. The third-order valence-electron chi connectivity index (χ3n) is 2.97. The lowest BCUT2D eigenvalue weighted by molar-refractivity contribution is 0.373. The Hall–Kier alpha value is -2.30. The molecule has 0 bridgehead atoms. The molecular weight excluding hydrogens is 264 g/mol. The van der Waals surface area contributed by atoms with Crippen LogP contribution in [-0.4, -0.2) is 12.2 Å². The number of hydrogen-bond acceptors (Lipinski definition) is 3. The molecule has 0 unspecified atom stereocenters. The topological polar surface area (TPSA) is 41.5 Å². The maximum atomic E-state index is 13.6. The van der Waals surface area contributed by atoms with Gasteiger partial charge in [0, 0.05) is 12.6 Å². The minimum Gasteiger partial charge on any atom is -0.504 e. The van der Waals surface area contributed by atoms with Gasteiger partial charge in [-0.1, -0.05) is 6.07 Å². The van der Waals surface area contributed by atoms with Crippen LogP contribution in [-0.2, 0) is 6.54 Å². The Morgan fingerprint density at radius 3 is 2.55 bits per heavy atom. The summed E-state index contributed by atoms with van der Waals surface area (Å²) in [5.74, 6) is -0.614. The van der Waals surface area contributed by atoms with Crippen molar-refractivity contribution in [2.24, 2.45) is 0 Å². The fourth-order valence-corrected chi connectivity index (χ4v) is 1.82. The largest absolute Gasteiger partial charge is 0.504 e. The van der Waals surface area contributed by atoms with Crippen molar-refractivity contribution in [2.75, 3.05) is 12.4 Å². The van der Waals surface area contributed by atoms with Crippen LogP contribution in [0.3, 0.4) is 0 Å². The summed E-state index contributed by atoms with van der Waals surface area (Å²) in [6.45, 7) is 1.76. The van der Waals surface area contributed by atoms with E-state index in [0.717, 1.165) is 17.7 Å². The quantitative estimate of drug-likeness (QED) is 0.898. The van der Waals surface area contributed by atoms with Crippen molar-refractivity contribution in [2.45, 2.75) is 13.5 Å². The number of halogens is 2. The Morgan fingerprint density at radius 1 is 1.15 bits per heavy atom. The molecule has 2 rings (SSSR count). The first-order valence-corrected chi connectivity index (χ1v) is 6.06. The lowest BCUT2D eigenvalue weighted by atomic mass is 10.1. The highest BCUT2D eigenvalue weighted by molar-refractivity contribution is 5.48. The van der Waals surface area contributed by atoms with Crippen molar-refractivity contribution in [1.29, 1.82) is 0 Å². The van der Waals surface area contributed by atoms with Gasteiger partial charge in [0.1, 0.15) is 11.6 Å². The highest BCUT2D eigenvalue weighted by atomic mass is 19.1. The minimum absolute atomic E-state index is 0.00218. The Balaban J connectivity index is 2.13. The molecule has 0 spiro atoms. The molecule has 0 saturated carbocycles. The third kappa shape index (κ3) is 2.99. The molecule has 0 atom stereocenters. The lowest BCUT2D eigenvalue weighted by Gasteiger charge is -2.10.